The van der Waals surface area contributed by atoms with Gasteiger partial charge in [0.25, 0.3) is 0 Å². The van der Waals surface area contributed by atoms with Gasteiger partial charge >= 0.3 is 5.97 Å². The highest BCUT2D eigenvalue weighted by atomic mass is 19.1. The average molecular weight is 466 g/mol. The minimum atomic E-state index is -0.948. The van der Waals surface area contributed by atoms with E-state index in [1.54, 1.807) is 39.9 Å². The van der Waals surface area contributed by atoms with Crippen LogP contribution in [0.3, 0.4) is 0 Å². The van der Waals surface area contributed by atoms with Gasteiger partial charge in [0.05, 0.1) is 24.9 Å². The molecule has 0 bridgehead atoms. The summed E-state index contributed by atoms with van der Waals surface area (Å²) in [6, 6.07) is 9.34. The van der Waals surface area contributed by atoms with Crippen molar-refractivity contribution in [2.24, 2.45) is 0 Å². The maximum Gasteiger partial charge on any atom is 0.305 e. The molecule has 1 saturated heterocycles. The molecule has 1 aromatic carbocycles. The molecule has 0 radical (unpaired) electrons. The first-order chi connectivity index (χ1) is 16.5. The Morgan fingerprint density at radius 3 is 2.79 bits per heavy atom. The molecular formula is C23H20F2N6O3. The summed E-state index contributed by atoms with van der Waals surface area (Å²) in [6.07, 6.45) is 3.74. The van der Waals surface area contributed by atoms with Crippen molar-refractivity contribution >= 4 is 11.8 Å². The van der Waals surface area contributed by atoms with Gasteiger partial charge < -0.3 is 14.5 Å². The second-order valence-electron chi connectivity index (χ2n) is 8.00. The first kappa shape index (κ1) is 21.7. The van der Waals surface area contributed by atoms with Crippen LogP contribution in [0, 0.1) is 11.6 Å². The normalized spacial score (nSPS) is 15.7. The van der Waals surface area contributed by atoms with E-state index in [1.165, 1.54) is 12.3 Å². The molecule has 11 heteroatoms. The molecule has 5 rings (SSSR count). The largest absolute Gasteiger partial charge is 0.481 e. The van der Waals surface area contributed by atoms with E-state index in [2.05, 4.69) is 20.2 Å². The van der Waals surface area contributed by atoms with Gasteiger partial charge in [0.15, 0.2) is 17.5 Å². The summed E-state index contributed by atoms with van der Waals surface area (Å²) >= 11 is 0. The van der Waals surface area contributed by atoms with E-state index >= 15 is 0 Å². The number of nitrogens with zero attached hydrogens (tertiary/aromatic N) is 6. The number of aromatic nitrogens is 5. The van der Waals surface area contributed by atoms with Crippen LogP contribution in [0.25, 0.3) is 22.9 Å². The van der Waals surface area contributed by atoms with Gasteiger partial charge in [-0.25, -0.2) is 18.7 Å². The predicted molar refractivity (Wildman–Crippen MR) is 117 cm³/mol. The van der Waals surface area contributed by atoms with Crippen LogP contribution in [0.2, 0.25) is 0 Å². The Kier molecular flexibility index (Phi) is 5.74. The molecule has 0 amide bonds. The van der Waals surface area contributed by atoms with Crippen molar-refractivity contribution in [3.8, 4) is 22.9 Å². The van der Waals surface area contributed by atoms with E-state index in [1.807, 2.05) is 0 Å². The fraction of sp³-hybridized carbons (Fsp3) is 0.261. The van der Waals surface area contributed by atoms with Gasteiger partial charge in [-0.2, -0.15) is 5.10 Å². The van der Waals surface area contributed by atoms with Crippen LogP contribution in [0.5, 0.6) is 0 Å². The van der Waals surface area contributed by atoms with Gasteiger partial charge in [-0.3, -0.25) is 9.48 Å². The van der Waals surface area contributed by atoms with Crippen molar-refractivity contribution < 1.29 is 23.2 Å². The number of rotatable bonds is 7. The van der Waals surface area contributed by atoms with E-state index in [4.69, 9.17) is 4.52 Å². The number of benzene rings is 1. The number of carboxylic acids is 1. The lowest BCUT2D eigenvalue weighted by atomic mass is 10.1. The smallest absolute Gasteiger partial charge is 0.305 e. The van der Waals surface area contributed by atoms with E-state index < -0.39 is 11.8 Å². The Hall–Kier alpha value is -4.15. The molecule has 1 N–H and O–H groups in total. The zero-order chi connectivity index (χ0) is 23.7. The van der Waals surface area contributed by atoms with Gasteiger partial charge in [-0.15, -0.1) is 0 Å². The summed E-state index contributed by atoms with van der Waals surface area (Å²) in [5, 5.41) is 17.7. The monoisotopic (exact) mass is 466 g/mol. The van der Waals surface area contributed by atoms with Crippen molar-refractivity contribution in [3.05, 3.63) is 66.1 Å². The quantitative estimate of drug-likeness (QED) is 0.438. The standard InChI is InChI=1S/C23H20F2N6O3/c24-16-6-2-1-4-14(16)13-31-20(18-7-9-34-29-18)11-19(28-31)22-26-12-17(25)23(27-22)30-8-3-5-15(30)10-21(32)33/h1-2,4,6-7,9,11-12,15H,3,5,8,10,13H2,(H,32,33). The average Bonchev–Trinajstić information content (AvgIpc) is 3.56. The Bertz CT molecular complexity index is 1320. The second-order valence-corrected chi connectivity index (χ2v) is 8.00. The zero-order valence-electron chi connectivity index (χ0n) is 17.9. The number of carboxylic acid groups (broad SMARTS) is 1. The minimum Gasteiger partial charge on any atom is -0.481 e. The van der Waals surface area contributed by atoms with E-state index in [0.717, 1.165) is 12.6 Å². The van der Waals surface area contributed by atoms with Crippen LogP contribution >= 0.6 is 0 Å². The lowest BCUT2D eigenvalue weighted by molar-refractivity contribution is -0.137. The molecule has 0 spiro atoms. The zero-order valence-corrected chi connectivity index (χ0v) is 17.9. The molecule has 3 aromatic heterocycles. The van der Waals surface area contributed by atoms with Crippen molar-refractivity contribution in [1.29, 1.82) is 0 Å². The molecule has 4 aromatic rings. The Balaban J connectivity index is 1.53. The summed E-state index contributed by atoms with van der Waals surface area (Å²) in [6.45, 7) is 0.618. The first-order valence-corrected chi connectivity index (χ1v) is 10.7. The number of aliphatic carboxylic acids is 1. The van der Waals surface area contributed by atoms with Crippen molar-refractivity contribution in [2.75, 3.05) is 11.4 Å². The van der Waals surface area contributed by atoms with Crippen molar-refractivity contribution in [1.82, 2.24) is 24.9 Å². The van der Waals surface area contributed by atoms with Gasteiger partial charge in [0.2, 0.25) is 0 Å². The third kappa shape index (κ3) is 4.24. The molecule has 1 atom stereocenters. The molecule has 1 aliphatic rings. The SMILES string of the molecule is O=C(O)CC1CCCN1c1nc(-c2cc(-c3ccon3)n(Cc3ccccc3F)n2)ncc1F. The molecule has 0 saturated carbocycles. The van der Waals surface area contributed by atoms with Crippen LogP contribution < -0.4 is 4.90 Å². The summed E-state index contributed by atoms with van der Waals surface area (Å²) in [4.78, 5) is 21.4. The molecule has 34 heavy (non-hydrogen) atoms. The second kappa shape index (κ2) is 9.00. The minimum absolute atomic E-state index is 0.0420. The highest BCUT2D eigenvalue weighted by Gasteiger charge is 2.30. The molecule has 4 heterocycles. The maximum atomic E-state index is 14.7. The van der Waals surface area contributed by atoms with Crippen LogP contribution in [-0.4, -0.2) is 48.6 Å². The highest BCUT2D eigenvalue weighted by Crippen LogP contribution is 2.30. The number of carbonyl (C=O) groups is 1. The lowest BCUT2D eigenvalue weighted by Crippen LogP contribution is -2.32. The molecule has 1 unspecified atom stereocenters. The summed E-state index contributed by atoms with van der Waals surface area (Å²) in [5.41, 5.74) is 1.80. The Morgan fingerprint density at radius 1 is 1.18 bits per heavy atom. The van der Waals surface area contributed by atoms with Crippen molar-refractivity contribution in [2.45, 2.75) is 31.8 Å². The Labute approximate surface area is 192 Å². The third-order valence-electron chi connectivity index (χ3n) is 5.77. The molecule has 1 aliphatic heterocycles. The lowest BCUT2D eigenvalue weighted by Gasteiger charge is -2.24. The van der Waals surface area contributed by atoms with E-state index in [-0.39, 0.29) is 36.5 Å². The topological polar surface area (TPSA) is 110 Å². The molecule has 0 aliphatic carbocycles. The van der Waals surface area contributed by atoms with Gasteiger partial charge in [-0.05, 0) is 25.0 Å². The summed E-state index contributed by atoms with van der Waals surface area (Å²) < 4.78 is 35.5. The van der Waals surface area contributed by atoms with Gasteiger partial charge in [-0.1, -0.05) is 23.4 Å². The highest BCUT2D eigenvalue weighted by molar-refractivity contribution is 5.69. The predicted octanol–water partition coefficient (Wildman–Crippen LogP) is 3.77. The number of anilines is 1. The molecule has 174 valence electrons. The molecular weight excluding hydrogens is 446 g/mol. The fourth-order valence-electron chi connectivity index (χ4n) is 4.20. The summed E-state index contributed by atoms with van der Waals surface area (Å²) in [7, 11) is 0. The van der Waals surface area contributed by atoms with Gasteiger partial charge in [0.1, 0.15) is 23.5 Å². The Morgan fingerprint density at radius 2 is 2.03 bits per heavy atom. The van der Waals surface area contributed by atoms with Crippen LogP contribution in [0.15, 0.2) is 53.4 Å². The van der Waals surface area contributed by atoms with Crippen molar-refractivity contribution in [3.63, 3.8) is 0 Å². The van der Waals surface area contributed by atoms with Crippen LogP contribution in [-0.2, 0) is 11.3 Å². The van der Waals surface area contributed by atoms with E-state index in [0.29, 0.717) is 35.6 Å². The molecule has 9 nitrogen and oxygen atoms in total. The number of hydrogen-bond acceptors (Lipinski definition) is 7. The van der Waals surface area contributed by atoms with Gasteiger partial charge in [0, 0.05) is 24.2 Å². The van der Waals surface area contributed by atoms with Crippen LogP contribution in [0.4, 0.5) is 14.6 Å². The third-order valence-corrected chi connectivity index (χ3v) is 5.77. The first-order valence-electron chi connectivity index (χ1n) is 10.7. The fourth-order valence-corrected chi connectivity index (χ4v) is 4.20. The molecule has 1 fully saturated rings. The number of hydrogen-bond donors (Lipinski definition) is 1. The van der Waals surface area contributed by atoms with Crippen LogP contribution in [0.1, 0.15) is 24.8 Å². The van der Waals surface area contributed by atoms with E-state index in [9.17, 15) is 18.7 Å². The summed E-state index contributed by atoms with van der Waals surface area (Å²) in [5.74, 6) is -1.75. The maximum absolute atomic E-state index is 14.7. The number of halogens is 2.